The molecule has 7 nitrogen and oxygen atoms in total. The van der Waals surface area contributed by atoms with E-state index in [0.29, 0.717) is 31.3 Å². The Labute approximate surface area is 158 Å². The Morgan fingerprint density at radius 2 is 1.81 bits per heavy atom. The number of anilines is 1. The van der Waals surface area contributed by atoms with Crippen LogP contribution >= 0.6 is 0 Å². The van der Waals surface area contributed by atoms with Gasteiger partial charge < -0.3 is 9.64 Å². The van der Waals surface area contributed by atoms with E-state index in [4.69, 9.17) is 4.74 Å². The first-order chi connectivity index (χ1) is 12.8. The lowest BCUT2D eigenvalue weighted by Gasteiger charge is -2.33. The van der Waals surface area contributed by atoms with Gasteiger partial charge in [0.1, 0.15) is 11.4 Å². The molecule has 2 aromatic carbocycles. The summed E-state index contributed by atoms with van der Waals surface area (Å²) in [5.74, 6) is 1.22. The largest absolute Gasteiger partial charge is 0.493 e. The lowest BCUT2D eigenvalue weighted by Crippen LogP contribution is -2.35. The minimum Gasteiger partial charge on any atom is -0.493 e. The fourth-order valence-electron chi connectivity index (χ4n) is 3.22. The van der Waals surface area contributed by atoms with Gasteiger partial charge in [0.25, 0.3) is 5.69 Å². The highest BCUT2D eigenvalue weighted by atomic mass is 32.2. The Morgan fingerprint density at radius 3 is 2.41 bits per heavy atom. The highest BCUT2D eigenvalue weighted by molar-refractivity contribution is 7.90. The summed E-state index contributed by atoms with van der Waals surface area (Å²) in [5.41, 5.74) is 0.298. The van der Waals surface area contributed by atoms with Gasteiger partial charge in [0, 0.05) is 25.4 Å². The molecule has 0 unspecified atom stereocenters. The number of nitrogens with zero attached hydrogens (tertiary/aromatic N) is 2. The summed E-state index contributed by atoms with van der Waals surface area (Å²) in [6.45, 7) is 1.96. The van der Waals surface area contributed by atoms with E-state index in [1.807, 2.05) is 35.2 Å². The van der Waals surface area contributed by atoms with Crippen LogP contribution in [-0.4, -0.2) is 39.3 Å². The molecule has 27 heavy (non-hydrogen) atoms. The Morgan fingerprint density at radius 1 is 1.15 bits per heavy atom. The number of para-hydroxylation sites is 1. The fraction of sp³-hybridized carbons (Fsp3) is 0.368. The summed E-state index contributed by atoms with van der Waals surface area (Å²) in [6.07, 6.45) is 2.76. The third-order valence-electron chi connectivity index (χ3n) is 4.76. The van der Waals surface area contributed by atoms with E-state index in [0.717, 1.165) is 30.9 Å². The molecule has 0 aromatic heterocycles. The van der Waals surface area contributed by atoms with Crippen molar-refractivity contribution in [3.8, 4) is 5.75 Å². The maximum Gasteiger partial charge on any atom is 0.293 e. The van der Waals surface area contributed by atoms with Gasteiger partial charge in [-0.1, -0.05) is 18.2 Å². The summed E-state index contributed by atoms with van der Waals surface area (Å²) in [6, 6.07) is 13.7. The van der Waals surface area contributed by atoms with Gasteiger partial charge in [-0.05, 0) is 43.0 Å². The molecule has 0 atom stereocenters. The van der Waals surface area contributed by atoms with Crippen LogP contribution in [0.2, 0.25) is 0 Å². The molecule has 0 N–H and O–H groups in total. The molecule has 0 radical (unpaired) electrons. The van der Waals surface area contributed by atoms with E-state index >= 15 is 0 Å². The number of piperidine rings is 1. The number of rotatable bonds is 6. The SMILES string of the molecule is CS(=O)(=O)c1ccc(N2CCC(COc3ccccc3)CC2)c([N+](=O)[O-])c1. The minimum atomic E-state index is -3.49. The molecule has 1 fully saturated rings. The highest BCUT2D eigenvalue weighted by Gasteiger charge is 2.26. The van der Waals surface area contributed by atoms with E-state index < -0.39 is 14.8 Å². The molecule has 0 bridgehead atoms. The van der Waals surface area contributed by atoms with Gasteiger partial charge in [0.05, 0.1) is 16.4 Å². The maximum absolute atomic E-state index is 11.7. The van der Waals surface area contributed by atoms with E-state index in [2.05, 4.69) is 0 Å². The van der Waals surface area contributed by atoms with Crippen molar-refractivity contribution in [1.82, 2.24) is 0 Å². The van der Waals surface area contributed by atoms with E-state index in [-0.39, 0.29) is 10.6 Å². The molecule has 2 aromatic rings. The Hall–Kier alpha value is -2.61. The van der Waals surface area contributed by atoms with E-state index in [1.54, 1.807) is 0 Å². The standard InChI is InChI=1S/C19H22N2O5S/c1-27(24,25)17-7-8-18(19(13-17)21(22)23)20-11-9-15(10-12-20)14-26-16-5-3-2-4-6-16/h2-8,13,15H,9-12,14H2,1H3. The van der Waals surface area contributed by atoms with Gasteiger partial charge in [-0.25, -0.2) is 8.42 Å². The summed E-state index contributed by atoms with van der Waals surface area (Å²) in [7, 11) is -3.49. The third-order valence-corrected chi connectivity index (χ3v) is 5.87. The first-order valence-electron chi connectivity index (χ1n) is 8.76. The van der Waals surface area contributed by atoms with Gasteiger partial charge in [0.15, 0.2) is 9.84 Å². The minimum absolute atomic E-state index is 0.0379. The molecule has 1 aliphatic heterocycles. The molecule has 1 aliphatic rings. The molecule has 0 aliphatic carbocycles. The first-order valence-corrected chi connectivity index (χ1v) is 10.6. The monoisotopic (exact) mass is 390 g/mol. The molecule has 0 spiro atoms. The van der Waals surface area contributed by atoms with Gasteiger partial charge >= 0.3 is 0 Å². The zero-order valence-electron chi connectivity index (χ0n) is 15.1. The lowest BCUT2D eigenvalue weighted by molar-refractivity contribution is -0.384. The molecule has 1 heterocycles. The normalized spacial score (nSPS) is 15.5. The van der Waals surface area contributed by atoms with Crippen LogP contribution in [0.3, 0.4) is 0 Å². The van der Waals surface area contributed by atoms with Crippen molar-refractivity contribution in [2.24, 2.45) is 5.92 Å². The van der Waals surface area contributed by atoms with Gasteiger partial charge in [-0.2, -0.15) is 0 Å². The second kappa shape index (κ2) is 7.96. The van der Waals surface area contributed by atoms with Crippen LogP contribution in [0.1, 0.15) is 12.8 Å². The predicted octanol–water partition coefficient (Wildman–Crippen LogP) is 3.29. The number of hydrogen-bond donors (Lipinski definition) is 0. The Balaban J connectivity index is 1.66. The van der Waals surface area contributed by atoms with Crippen molar-refractivity contribution >= 4 is 21.2 Å². The summed E-state index contributed by atoms with van der Waals surface area (Å²) < 4.78 is 29.2. The number of nitro groups is 1. The molecule has 1 saturated heterocycles. The van der Waals surface area contributed by atoms with Gasteiger partial charge in [0.2, 0.25) is 0 Å². The molecule has 0 amide bonds. The van der Waals surface area contributed by atoms with Crippen LogP contribution in [0, 0.1) is 16.0 Å². The van der Waals surface area contributed by atoms with Gasteiger partial charge in [-0.15, -0.1) is 0 Å². The van der Waals surface area contributed by atoms with Crippen molar-refractivity contribution in [2.45, 2.75) is 17.7 Å². The molecular weight excluding hydrogens is 368 g/mol. The topological polar surface area (TPSA) is 89.8 Å². The Kier molecular flexibility index (Phi) is 5.65. The highest BCUT2D eigenvalue weighted by Crippen LogP contribution is 2.33. The van der Waals surface area contributed by atoms with Crippen molar-refractivity contribution in [3.05, 3.63) is 58.6 Å². The summed E-state index contributed by atoms with van der Waals surface area (Å²) in [5, 5.41) is 11.4. The Bertz CT molecular complexity index is 907. The fourth-order valence-corrected chi connectivity index (χ4v) is 3.86. The van der Waals surface area contributed by atoms with Crippen LogP contribution in [0.25, 0.3) is 0 Å². The van der Waals surface area contributed by atoms with E-state index in [9.17, 15) is 18.5 Å². The van der Waals surface area contributed by atoms with Crippen molar-refractivity contribution in [1.29, 1.82) is 0 Å². The van der Waals surface area contributed by atoms with E-state index in [1.165, 1.54) is 12.1 Å². The molecule has 3 rings (SSSR count). The quantitative estimate of drug-likeness (QED) is 0.555. The van der Waals surface area contributed by atoms with Crippen molar-refractivity contribution < 1.29 is 18.1 Å². The smallest absolute Gasteiger partial charge is 0.293 e. The molecular formula is C19H22N2O5S. The van der Waals surface area contributed by atoms with Crippen LogP contribution in [0.5, 0.6) is 5.75 Å². The van der Waals surface area contributed by atoms with Crippen LogP contribution < -0.4 is 9.64 Å². The lowest BCUT2D eigenvalue weighted by atomic mass is 9.97. The van der Waals surface area contributed by atoms with Crippen LogP contribution in [0.4, 0.5) is 11.4 Å². The van der Waals surface area contributed by atoms with Gasteiger partial charge in [-0.3, -0.25) is 10.1 Å². The zero-order valence-corrected chi connectivity index (χ0v) is 15.9. The maximum atomic E-state index is 11.7. The van der Waals surface area contributed by atoms with Crippen LogP contribution in [0.15, 0.2) is 53.4 Å². The number of nitro benzene ring substituents is 1. The average molecular weight is 390 g/mol. The second-order valence-corrected chi connectivity index (χ2v) is 8.75. The molecule has 8 heteroatoms. The van der Waals surface area contributed by atoms with Crippen LogP contribution in [-0.2, 0) is 9.84 Å². The molecule has 144 valence electrons. The number of sulfone groups is 1. The summed E-state index contributed by atoms with van der Waals surface area (Å²) in [4.78, 5) is 12.8. The van der Waals surface area contributed by atoms with Crippen molar-refractivity contribution in [2.75, 3.05) is 30.9 Å². The van der Waals surface area contributed by atoms with Crippen molar-refractivity contribution in [3.63, 3.8) is 0 Å². The number of hydrogen-bond acceptors (Lipinski definition) is 6. The summed E-state index contributed by atoms with van der Waals surface area (Å²) >= 11 is 0. The zero-order chi connectivity index (χ0) is 19.4. The predicted molar refractivity (Wildman–Crippen MR) is 103 cm³/mol. The second-order valence-electron chi connectivity index (χ2n) is 6.73. The third kappa shape index (κ3) is 4.77. The molecule has 0 saturated carbocycles. The first kappa shape index (κ1) is 19.2. The number of benzene rings is 2. The number of ether oxygens (including phenoxy) is 1. The average Bonchev–Trinajstić information content (AvgIpc) is 2.66.